The smallest absolute Gasteiger partial charge is 0.241 e. The van der Waals surface area contributed by atoms with Crippen molar-refractivity contribution < 1.29 is 9.59 Å². The van der Waals surface area contributed by atoms with Crippen LogP contribution in [0.2, 0.25) is 0 Å². The van der Waals surface area contributed by atoms with Gasteiger partial charge in [-0.1, -0.05) is 6.42 Å². The van der Waals surface area contributed by atoms with E-state index >= 15 is 0 Å². The second-order valence-electron chi connectivity index (χ2n) is 5.04. The lowest BCUT2D eigenvalue weighted by Gasteiger charge is -2.23. The first-order valence-electron chi connectivity index (χ1n) is 6.83. The molecular weight excluding hydrogens is 274 g/mol. The maximum Gasteiger partial charge on any atom is 0.241 e. The van der Waals surface area contributed by atoms with E-state index in [2.05, 4.69) is 16.0 Å². The second-order valence-corrected chi connectivity index (χ2v) is 6.06. The van der Waals surface area contributed by atoms with Crippen LogP contribution in [0.1, 0.15) is 19.3 Å². The minimum absolute atomic E-state index is 0.0000706. The van der Waals surface area contributed by atoms with E-state index in [1.54, 1.807) is 0 Å². The highest BCUT2D eigenvalue weighted by molar-refractivity contribution is 8.00. The van der Waals surface area contributed by atoms with E-state index in [1.165, 1.54) is 11.8 Å². The molecule has 106 valence electrons. The minimum atomic E-state index is -0.108. The van der Waals surface area contributed by atoms with Crippen molar-refractivity contribution in [3.05, 3.63) is 18.2 Å². The van der Waals surface area contributed by atoms with Crippen molar-refractivity contribution in [1.29, 1.82) is 0 Å². The Balaban J connectivity index is 1.69. The van der Waals surface area contributed by atoms with Gasteiger partial charge >= 0.3 is 0 Å². The van der Waals surface area contributed by atoms with E-state index < -0.39 is 0 Å². The molecule has 0 bridgehead atoms. The fourth-order valence-electron chi connectivity index (χ4n) is 2.47. The number of hydrogen-bond donors (Lipinski definition) is 3. The van der Waals surface area contributed by atoms with Crippen molar-refractivity contribution in [3.8, 4) is 0 Å². The third kappa shape index (κ3) is 2.96. The molecule has 3 rings (SSSR count). The van der Waals surface area contributed by atoms with Crippen LogP contribution >= 0.6 is 11.8 Å². The summed E-state index contributed by atoms with van der Waals surface area (Å²) in [5, 5.41) is 8.96. The third-order valence-corrected chi connectivity index (χ3v) is 4.58. The van der Waals surface area contributed by atoms with Gasteiger partial charge < -0.3 is 16.0 Å². The summed E-state index contributed by atoms with van der Waals surface area (Å²) in [7, 11) is 0. The van der Waals surface area contributed by atoms with Gasteiger partial charge in [0.05, 0.1) is 17.5 Å². The number of piperidine rings is 1. The Labute approximate surface area is 121 Å². The van der Waals surface area contributed by atoms with Crippen LogP contribution < -0.4 is 16.0 Å². The third-order valence-electron chi connectivity index (χ3n) is 3.51. The number of anilines is 2. The summed E-state index contributed by atoms with van der Waals surface area (Å²) >= 11 is 1.52. The summed E-state index contributed by atoms with van der Waals surface area (Å²) in [6, 6.07) is 5.52. The number of amides is 2. The first-order valence-corrected chi connectivity index (χ1v) is 7.82. The highest BCUT2D eigenvalue weighted by Gasteiger charge is 2.21. The van der Waals surface area contributed by atoms with Crippen molar-refractivity contribution in [2.75, 3.05) is 22.9 Å². The van der Waals surface area contributed by atoms with Crippen LogP contribution in [-0.4, -0.2) is 30.2 Å². The van der Waals surface area contributed by atoms with Crippen LogP contribution in [0.4, 0.5) is 11.4 Å². The zero-order valence-electron chi connectivity index (χ0n) is 11.1. The molecular formula is C14H17N3O2S. The summed E-state index contributed by atoms with van der Waals surface area (Å²) in [5.74, 6) is 0.449. The van der Waals surface area contributed by atoms with Crippen LogP contribution in [0.5, 0.6) is 0 Å². The molecule has 2 heterocycles. The first-order chi connectivity index (χ1) is 9.72. The summed E-state index contributed by atoms with van der Waals surface area (Å²) in [6.07, 6.45) is 3.09. The van der Waals surface area contributed by atoms with Crippen molar-refractivity contribution in [2.45, 2.75) is 30.2 Å². The predicted molar refractivity (Wildman–Crippen MR) is 80.1 cm³/mol. The SMILES string of the molecule is O=C1CSc2ccc(NC(=O)[C@H]3CCCCN3)cc2N1. The highest BCUT2D eigenvalue weighted by Crippen LogP contribution is 2.33. The molecule has 1 fully saturated rings. The Morgan fingerprint density at radius 3 is 3.05 bits per heavy atom. The summed E-state index contributed by atoms with van der Waals surface area (Å²) in [4.78, 5) is 24.6. The molecule has 6 heteroatoms. The average Bonchev–Trinajstić information content (AvgIpc) is 2.47. The first kappa shape index (κ1) is 13.5. The zero-order valence-corrected chi connectivity index (χ0v) is 11.9. The number of thioether (sulfide) groups is 1. The predicted octanol–water partition coefficient (Wildman–Crippen LogP) is 1.81. The normalized spacial score (nSPS) is 21.8. The molecule has 0 radical (unpaired) electrons. The average molecular weight is 291 g/mol. The lowest BCUT2D eigenvalue weighted by molar-refractivity contribution is -0.118. The van der Waals surface area contributed by atoms with Crippen molar-refractivity contribution in [1.82, 2.24) is 5.32 Å². The van der Waals surface area contributed by atoms with Crippen molar-refractivity contribution in [2.24, 2.45) is 0 Å². The van der Waals surface area contributed by atoms with E-state index in [0.29, 0.717) is 5.75 Å². The fraction of sp³-hybridized carbons (Fsp3) is 0.429. The summed E-state index contributed by atoms with van der Waals surface area (Å²) in [6.45, 7) is 0.898. The van der Waals surface area contributed by atoms with Crippen LogP contribution in [0.25, 0.3) is 0 Å². The molecule has 2 aliphatic rings. The Morgan fingerprint density at radius 1 is 1.35 bits per heavy atom. The molecule has 3 N–H and O–H groups in total. The molecule has 1 atom stereocenters. The molecule has 0 saturated carbocycles. The van der Waals surface area contributed by atoms with E-state index in [1.807, 2.05) is 18.2 Å². The largest absolute Gasteiger partial charge is 0.325 e. The lowest BCUT2D eigenvalue weighted by atomic mass is 10.0. The van der Waals surface area contributed by atoms with Gasteiger partial charge in [-0.3, -0.25) is 9.59 Å². The van der Waals surface area contributed by atoms with Crippen LogP contribution in [0, 0.1) is 0 Å². The van der Waals surface area contributed by atoms with Crippen LogP contribution in [0.3, 0.4) is 0 Å². The number of benzene rings is 1. The molecule has 2 aliphatic heterocycles. The van der Waals surface area contributed by atoms with Gasteiger partial charge in [-0.15, -0.1) is 11.8 Å². The Bertz CT molecular complexity index is 541. The van der Waals surface area contributed by atoms with Crippen molar-refractivity contribution >= 4 is 35.0 Å². The lowest BCUT2D eigenvalue weighted by Crippen LogP contribution is -2.43. The maximum absolute atomic E-state index is 12.1. The topological polar surface area (TPSA) is 70.2 Å². The van der Waals surface area contributed by atoms with Gasteiger partial charge in [-0.2, -0.15) is 0 Å². The molecule has 1 aromatic carbocycles. The Kier molecular flexibility index (Phi) is 3.93. The van der Waals surface area contributed by atoms with Crippen LogP contribution in [-0.2, 0) is 9.59 Å². The monoisotopic (exact) mass is 291 g/mol. The number of hydrogen-bond acceptors (Lipinski definition) is 4. The van der Waals surface area contributed by atoms with E-state index in [4.69, 9.17) is 0 Å². The van der Waals surface area contributed by atoms with Gasteiger partial charge in [-0.25, -0.2) is 0 Å². The van der Waals surface area contributed by atoms with Gasteiger partial charge in [0.1, 0.15) is 0 Å². The molecule has 1 saturated heterocycles. The van der Waals surface area contributed by atoms with E-state index in [9.17, 15) is 9.59 Å². The zero-order chi connectivity index (χ0) is 13.9. The molecule has 0 aliphatic carbocycles. The Morgan fingerprint density at radius 2 is 2.25 bits per heavy atom. The summed E-state index contributed by atoms with van der Waals surface area (Å²) < 4.78 is 0. The number of carbonyl (C=O) groups excluding carboxylic acids is 2. The van der Waals surface area contributed by atoms with Crippen molar-refractivity contribution in [3.63, 3.8) is 0 Å². The number of fused-ring (bicyclic) bond motifs is 1. The van der Waals surface area contributed by atoms with Gasteiger partial charge in [0.25, 0.3) is 0 Å². The second kappa shape index (κ2) is 5.85. The molecule has 20 heavy (non-hydrogen) atoms. The number of carbonyl (C=O) groups is 2. The quantitative estimate of drug-likeness (QED) is 0.777. The molecule has 0 spiro atoms. The summed E-state index contributed by atoms with van der Waals surface area (Å²) in [5.41, 5.74) is 1.50. The Hall–Kier alpha value is -1.53. The highest BCUT2D eigenvalue weighted by atomic mass is 32.2. The molecule has 0 aromatic heterocycles. The van der Waals surface area contributed by atoms with Gasteiger partial charge in [0.2, 0.25) is 11.8 Å². The molecule has 5 nitrogen and oxygen atoms in total. The maximum atomic E-state index is 12.1. The molecule has 1 aromatic rings. The van der Waals surface area contributed by atoms with Gasteiger partial charge in [0, 0.05) is 10.6 Å². The number of rotatable bonds is 2. The van der Waals surface area contributed by atoms with Gasteiger partial charge in [-0.05, 0) is 37.6 Å². The standard InChI is InChI=1S/C14H17N3O2S/c18-13-8-20-12-5-4-9(7-11(12)17-13)16-14(19)10-3-1-2-6-15-10/h4-5,7,10,15H,1-3,6,8H2,(H,16,19)(H,17,18)/t10-/m1/s1. The minimum Gasteiger partial charge on any atom is -0.325 e. The molecule has 2 amide bonds. The van der Waals surface area contributed by atoms with E-state index in [-0.39, 0.29) is 17.9 Å². The van der Waals surface area contributed by atoms with Crippen LogP contribution in [0.15, 0.2) is 23.1 Å². The van der Waals surface area contributed by atoms with E-state index in [0.717, 1.165) is 42.1 Å². The molecule has 0 unspecified atom stereocenters. The number of nitrogens with one attached hydrogen (secondary N) is 3. The fourth-order valence-corrected chi connectivity index (χ4v) is 3.25. The van der Waals surface area contributed by atoms with Gasteiger partial charge in [0.15, 0.2) is 0 Å².